The van der Waals surface area contributed by atoms with E-state index < -0.39 is 12.1 Å². The minimum Gasteiger partial charge on any atom is -0.391 e. The zero-order chi connectivity index (χ0) is 19.7. The van der Waals surface area contributed by atoms with Crippen molar-refractivity contribution in [1.29, 1.82) is 0 Å². The van der Waals surface area contributed by atoms with E-state index in [2.05, 4.69) is 10.3 Å². The topological polar surface area (TPSA) is 103 Å². The van der Waals surface area contributed by atoms with Crippen molar-refractivity contribution in [1.82, 2.24) is 15.2 Å². The Morgan fingerprint density at radius 1 is 1.18 bits per heavy atom. The minimum absolute atomic E-state index is 0.171. The van der Waals surface area contributed by atoms with Crippen molar-refractivity contribution in [2.75, 3.05) is 13.1 Å². The molecule has 3 aromatic rings. The largest absolute Gasteiger partial charge is 0.391 e. The number of amides is 2. The number of nitrogens with zero attached hydrogens (tertiary/aromatic N) is 1. The Labute approximate surface area is 164 Å². The fourth-order valence-electron chi connectivity index (χ4n) is 3.41. The number of carbonyl (C=O) groups is 2. The average molecular weight is 397 g/mol. The molecule has 1 aliphatic rings. The lowest BCUT2D eigenvalue weighted by Crippen LogP contribution is -2.56. The predicted molar refractivity (Wildman–Crippen MR) is 107 cm³/mol. The lowest BCUT2D eigenvalue weighted by atomic mass is 10.0. The van der Waals surface area contributed by atoms with Crippen molar-refractivity contribution in [2.45, 2.75) is 18.6 Å². The highest BCUT2D eigenvalue weighted by atomic mass is 32.1. The standard InChI is InChI=1S/C20H19N3O4S/c24-16-8-9-23(20(27)14-5-3-7-18(25)21-14)10-15(16)22-19(26)13-11-28-17-6-2-1-4-12(13)17/h1-7,11,15-16,24H,8-10H2,(H,21,25)(H,22,26)/t15-,16+/m1/s1. The lowest BCUT2D eigenvalue weighted by molar-refractivity contribution is 0.0356. The molecule has 1 fully saturated rings. The van der Waals surface area contributed by atoms with Crippen molar-refractivity contribution in [3.63, 3.8) is 0 Å². The number of aromatic nitrogens is 1. The Kier molecular flexibility index (Phi) is 4.97. The van der Waals surface area contributed by atoms with Crippen LogP contribution in [-0.4, -0.2) is 52.0 Å². The zero-order valence-corrected chi connectivity index (χ0v) is 15.7. The fraction of sp³-hybridized carbons (Fsp3) is 0.250. The summed E-state index contributed by atoms with van der Waals surface area (Å²) in [6.07, 6.45) is -0.397. The Morgan fingerprint density at radius 2 is 2.00 bits per heavy atom. The van der Waals surface area contributed by atoms with E-state index in [0.29, 0.717) is 18.5 Å². The summed E-state index contributed by atoms with van der Waals surface area (Å²) in [5.41, 5.74) is 0.401. The van der Waals surface area contributed by atoms with Gasteiger partial charge in [0.2, 0.25) is 5.56 Å². The SMILES string of the molecule is O=C(N[C@@H]1CN(C(=O)c2cccc(=O)[nH]2)CC[C@@H]1O)c1csc2ccccc12. The summed E-state index contributed by atoms with van der Waals surface area (Å²) in [5, 5.41) is 15.9. The van der Waals surface area contributed by atoms with Crippen LogP contribution in [0.1, 0.15) is 27.3 Å². The number of H-pyrrole nitrogens is 1. The van der Waals surface area contributed by atoms with Gasteiger partial charge in [0.15, 0.2) is 0 Å². The normalized spacial score (nSPS) is 19.5. The second-order valence-corrected chi connectivity index (χ2v) is 7.67. The third-order valence-electron chi connectivity index (χ3n) is 4.90. The van der Waals surface area contributed by atoms with Gasteiger partial charge in [0, 0.05) is 34.6 Å². The number of nitrogens with one attached hydrogen (secondary N) is 2. The third-order valence-corrected chi connectivity index (χ3v) is 5.87. The molecule has 1 saturated heterocycles. The molecule has 2 atom stereocenters. The van der Waals surface area contributed by atoms with Gasteiger partial charge in [-0.3, -0.25) is 14.4 Å². The molecule has 0 saturated carbocycles. The van der Waals surface area contributed by atoms with Crippen LogP contribution < -0.4 is 10.9 Å². The maximum absolute atomic E-state index is 12.8. The van der Waals surface area contributed by atoms with Crippen molar-refractivity contribution < 1.29 is 14.7 Å². The Balaban J connectivity index is 1.50. The van der Waals surface area contributed by atoms with Crippen LogP contribution in [-0.2, 0) is 0 Å². The molecule has 0 aliphatic carbocycles. The van der Waals surface area contributed by atoms with Gasteiger partial charge < -0.3 is 20.3 Å². The predicted octanol–water partition coefficient (Wildman–Crippen LogP) is 1.59. The highest BCUT2D eigenvalue weighted by molar-refractivity contribution is 7.17. The van der Waals surface area contributed by atoms with Crippen molar-refractivity contribution in [3.8, 4) is 0 Å². The van der Waals surface area contributed by atoms with E-state index in [1.54, 1.807) is 11.4 Å². The average Bonchev–Trinajstić information content (AvgIpc) is 3.13. The summed E-state index contributed by atoms with van der Waals surface area (Å²) in [6, 6.07) is 11.5. The summed E-state index contributed by atoms with van der Waals surface area (Å²) in [5.74, 6) is -0.603. The van der Waals surface area contributed by atoms with E-state index in [-0.39, 0.29) is 29.6 Å². The summed E-state index contributed by atoms with van der Waals surface area (Å²) >= 11 is 1.49. The lowest BCUT2D eigenvalue weighted by Gasteiger charge is -2.36. The number of hydrogen-bond donors (Lipinski definition) is 3. The number of hydrogen-bond acceptors (Lipinski definition) is 5. The molecule has 144 valence electrons. The van der Waals surface area contributed by atoms with Gasteiger partial charge in [0.1, 0.15) is 5.69 Å². The first-order valence-corrected chi connectivity index (χ1v) is 9.84. The molecule has 0 bridgehead atoms. The highest BCUT2D eigenvalue weighted by Crippen LogP contribution is 2.26. The molecule has 2 amide bonds. The van der Waals surface area contributed by atoms with Gasteiger partial charge in [-0.1, -0.05) is 24.3 Å². The number of likely N-dealkylation sites (tertiary alicyclic amines) is 1. The molecule has 0 radical (unpaired) electrons. The second-order valence-electron chi connectivity index (χ2n) is 6.76. The number of piperidine rings is 1. The van der Waals surface area contributed by atoms with Gasteiger partial charge in [0.05, 0.1) is 17.7 Å². The summed E-state index contributed by atoms with van der Waals surface area (Å²) < 4.78 is 1.02. The van der Waals surface area contributed by atoms with Crippen LogP contribution in [0.25, 0.3) is 10.1 Å². The van der Waals surface area contributed by atoms with E-state index >= 15 is 0 Å². The monoisotopic (exact) mass is 397 g/mol. The quantitative estimate of drug-likeness (QED) is 0.625. The highest BCUT2D eigenvalue weighted by Gasteiger charge is 2.32. The summed E-state index contributed by atoms with van der Waals surface area (Å²) in [7, 11) is 0. The number of aliphatic hydroxyl groups excluding tert-OH is 1. The molecular formula is C20H19N3O4S. The Hall–Kier alpha value is -2.97. The number of carbonyl (C=O) groups excluding carboxylic acids is 2. The van der Waals surface area contributed by atoms with Crippen molar-refractivity contribution in [2.24, 2.45) is 0 Å². The van der Waals surface area contributed by atoms with Gasteiger partial charge in [0.25, 0.3) is 11.8 Å². The molecule has 1 aromatic carbocycles. The zero-order valence-electron chi connectivity index (χ0n) is 14.9. The maximum Gasteiger partial charge on any atom is 0.270 e. The van der Waals surface area contributed by atoms with Crippen LogP contribution in [0.15, 0.2) is 52.6 Å². The molecule has 1 aliphatic heterocycles. The van der Waals surface area contributed by atoms with Crippen LogP contribution in [0.4, 0.5) is 0 Å². The van der Waals surface area contributed by atoms with Crippen LogP contribution in [0.3, 0.4) is 0 Å². The third kappa shape index (κ3) is 3.56. The van der Waals surface area contributed by atoms with Crippen molar-refractivity contribution >= 4 is 33.2 Å². The van der Waals surface area contributed by atoms with E-state index in [1.807, 2.05) is 24.3 Å². The maximum atomic E-state index is 12.8. The van der Waals surface area contributed by atoms with Gasteiger partial charge in [-0.15, -0.1) is 11.3 Å². The molecule has 3 heterocycles. The van der Waals surface area contributed by atoms with Gasteiger partial charge >= 0.3 is 0 Å². The molecule has 4 rings (SSSR count). The first-order valence-electron chi connectivity index (χ1n) is 8.97. The van der Waals surface area contributed by atoms with E-state index in [0.717, 1.165) is 10.1 Å². The number of pyridine rings is 1. The Morgan fingerprint density at radius 3 is 2.82 bits per heavy atom. The Bertz CT molecular complexity index is 1090. The summed E-state index contributed by atoms with van der Waals surface area (Å²) in [4.78, 5) is 40.9. The van der Waals surface area contributed by atoms with Crippen LogP contribution in [0, 0.1) is 0 Å². The van der Waals surface area contributed by atoms with E-state index in [9.17, 15) is 19.5 Å². The van der Waals surface area contributed by atoms with Gasteiger partial charge in [-0.05, 0) is 18.6 Å². The van der Waals surface area contributed by atoms with Crippen LogP contribution in [0.5, 0.6) is 0 Å². The first-order chi connectivity index (χ1) is 13.5. The number of benzene rings is 1. The fourth-order valence-corrected chi connectivity index (χ4v) is 4.35. The van der Waals surface area contributed by atoms with Gasteiger partial charge in [-0.25, -0.2) is 0 Å². The molecule has 2 aromatic heterocycles. The number of rotatable bonds is 3. The van der Waals surface area contributed by atoms with Crippen molar-refractivity contribution in [3.05, 3.63) is 69.5 Å². The number of aliphatic hydroxyl groups is 1. The molecule has 0 spiro atoms. The van der Waals surface area contributed by atoms with Gasteiger partial charge in [-0.2, -0.15) is 0 Å². The molecule has 0 unspecified atom stereocenters. The molecule has 7 nitrogen and oxygen atoms in total. The van der Waals surface area contributed by atoms with E-state index in [4.69, 9.17) is 0 Å². The van der Waals surface area contributed by atoms with E-state index in [1.165, 1.54) is 28.4 Å². The molecular weight excluding hydrogens is 378 g/mol. The number of aromatic amines is 1. The number of thiophene rings is 1. The molecule has 8 heteroatoms. The smallest absolute Gasteiger partial charge is 0.270 e. The minimum atomic E-state index is -0.743. The van der Waals surface area contributed by atoms with Crippen LogP contribution >= 0.6 is 11.3 Å². The molecule has 3 N–H and O–H groups in total. The number of fused-ring (bicyclic) bond motifs is 1. The first kappa shape index (κ1) is 18.4. The van der Waals surface area contributed by atoms with Crippen LogP contribution in [0.2, 0.25) is 0 Å². The molecule has 28 heavy (non-hydrogen) atoms. The second kappa shape index (κ2) is 7.57. The summed E-state index contributed by atoms with van der Waals surface area (Å²) in [6.45, 7) is 0.523.